The molecule has 5 N–H and O–H groups in total. The smallest absolute Gasteiger partial charge is 0.224 e. The first-order chi connectivity index (χ1) is 11.3. The summed E-state index contributed by atoms with van der Waals surface area (Å²) < 4.78 is 0. The molecule has 0 saturated carbocycles. The molecule has 0 aliphatic heterocycles. The van der Waals surface area contributed by atoms with E-state index in [2.05, 4.69) is 20.6 Å². The molecule has 122 valence electrons. The second-order valence-corrected chi connectivity index (χ2v) is 5.22. The number of rotatable bonds is 9. The highest BCUT2D eigenvalue weighted by Crippen LogP contribution is 2.18. The number of unbranched alkanes of at least 4 members (excludes halogenated alkanes) is 2. The van der Waals surface area contributed by atoms with Gasteiger partial charge in [-0.1, -0.05) is 36.8 Å². The second kappa shape index (κ2) is 8.85. The highest BCUT2D eigenvalue weighted by Gasteiger charge is 2.12. The molecule has 0 radical (unpaired) electrons. The van der Waals surface area contributed by atoms with Crippen molar-refractivity contribution in [1.29, 1.82) is 5.41 Å². The van der Waals surface area contributed by atoms with Crippen LogP contribution in [0, 0.1) is 5.41 Å². The normalized spacial score (nSPS) is 10.3. The zero-order valence-electron chi connectivity index (χ0n) is 13.5. The van der Waals surface area contributed by atoms with Crippen LogP contribution in [0.1, 0.15) is 30.4 Å². The van der Waals surface area contributed by atoms with E-state index < -0.39 is 0 Å². The molecule has 1 heterocycles. The molecule has 0 bridgehead atoms. The Balaban J connectivity index is 2.16. The summed E-state index contributed by atoms with van der Waals surface area (Å²) in [6.45, 7) is 1.52. The van der Waals surface area contributed by atoms with E-state index in [1.807, 2.05) is 30.3 Å². The van der Waals surface area contributed by atoms with Crippen molar-refractivity contribution in [2.24, 2.45) is 5.73 Å². The molecule has 0 amide bonds. The van der Waals surface area contributed by atoms with E-state index in [-0.39, 0.29) is 0 Å². The molecule has 6 heteroatoms. The Morgan fingerprint density at radius 3 is 2.65 bits per heavy atom. The molecular weight excluding hydrogens is 288 g/mol. The number of nitrogens with two attached hydrogens (primary N) is 1. The molecule has 2 rings (SSSR count). The van der Waals surface area contributed by atoms with Gasteiger partial charge in [-0.15, -0.1) is 0 Å². The van der Waals surface area contributed by atoms with Gasteiger partial charge in [0.1, 0.15) is 5.82 Å². The van der Waals surface area contributed by atoms with Gasteiger partial charge in [-0.05, 0) is 19.4 Å². The summed E-state index contributed by atoms with van der Waals surface area (Å²) in [5.41, 5.74) is 7.47. The number of hydrogen-bond acceptors (Lipinski definition) is 6. The van der Waals surface area contributed by atoms with E-state index in [1.54, 1.807) is 13.2 Å². The molecule has 0 unspecified atom stereocenters. The molecule has 2 aromatic rings. The van der Waals surface area contributed by atoms with Crippen molar-refractivity contribution in [1.82, 2.24) is 9.97 Å². The van der Waals surface area contributed by atoms with E-state index in [9.17, 15) is 0 Å². The maximum atomic E-state index is 8.43. The minimum absolute atomic E-state index is 0.415. The Hall–Kier alpha value is -2.47. The minimum atomic E-state index is 0.415. The maximum absolute atomic E-state index is 8.43. The molecule has 0 saturated heterocycles. The lowest BCUT2D eigenvalue weighted by Crippen LogP contribution is -2.13. The number of aromatic nitrogens is 2. The van der Waals surface area contributed by atoms with Crippen LogP contribution >= 0.6 is 0 Å². The van der Waals surface area contributed by atoms with Gasteiger partial charge in [0.15, 0.2) is 0 Å². The Kier molecular flexibility index (Phi) is 6.50. The van der Waals surface area contributed by atoms with Crippen LogP contribution in [-0.4, -0.2) is 35.8 Å². The second-order valence-electron chi connectivity index (χ2n) is 5.22. The molecule has 23 heavy (non-hydrogen) atoms. The van der Waals surface area contributed by atoms with Crippen molar-refractivity contribution in [2.45, 2.75) is 19.3 Å². The lowest BCUT2D eigenvalue weighted by atomic mass is 10.0. The average molecular weight is 312 g/mol. The third-order valence-corrected chi connectivity index (χ3v) is 3.52. The van der Waals surface area contributed by atoms with Crippen LogP contribution < -0.4 is 16.4 Å². The van der Waals surface area contributed by atoms with E-state index >= 15 is 0 Å². The monoisotopic (exact) mass is 312 g/mol. The number of hydrogen-bond donors (Lipinski definition) is 4. The van der Waals surface area contributed by atoms with Crippen LogP contribution in [0.2, 0.25) is 0 Å². The molecule has 6 nitrogen and oxygen atoms in total. The van der Waals surface area contributed by atoms with E-state index in [1.165, 1.54) is 0 Å². The van der Waals surface area contributed by atoms with Crippen LogP contribution in [0.4, 0.5) is 11.8 Å². The summed E-state index contributed by atoms with van der Waals surface area (Å²) >= 11 is 0. The lowest BCUT2D eigenvalue weighted by molar-refractivity contribution is 0.706. The predicted octanol–water partition coefficient (Wildman–Crippen LogP) is 2.48. The fourth-order valence-corrected chi connectivity index (χ4v) is 2.23. The maximum Gasteiger partial charge on any atom is 0.224 e. The fourth-order valence-electron chi connectivity index (χ4n) is 2.23. The summed E-state index contributed by atoms with van der Waals surface area (Å²) in [5.74, 6) is 1.23. The Morgan fingerprint density at radius 1 is 1.17 bits per heavy atom. The van der Waals surface area contributed by atoms with Gasteiger partial charge in [0.25, 0.3) is 0 Å². The fraction of sp³-hybridized carbons (Fsp3) is 0.353. The van der Waals surface area contributed by atoms with Gasteiger partial charge in [0.2, 0.25) is 5.95 Å². The highest BCUT2D eigenvalue weighted by atomic mass is 15.1. The molecule has 0 fully saturated rings. The Bertz CT molecular complexity index is 626. The quantitative estimate of drug-likeness (QED) is 0.421. The van der Waals surface area contributed by atoms with E-state index in [4.69, 9.17) is 11.1 Å². The van der Waals surface area contributed by atoms with Crippen molar-refractivity contribution >= 4 is 17.5 Å². The topological polar surface area (TPSA) is 99.7 Å². The average Bonchev–Trinajstić information content (AvgIpc) is 2.61. The largest absolute Gasteiger partial charge is 0.369 e. The number of nitrogens with one attached hydrogen (secondary N) is 3. The van der Waals surface area contributed by atoms with Crippen molar-refractivity contribution in [3.8, 4) is 0 Å². The number of anilines is 2. The highest BCUT2D eigenvalue weighted by molar-refractivity contribution is 6.13. The number of benzene rings is 1. The molecule has 0 aliphatic carbocycles. The van der Waals surface area contributed by atoms with Gasteiger partial charge in [0.05, 0.1) is 11.3 Å². The predicted molar refractivity (Wildman–Crippen MR) is 95.3 cm³/mol. The molecule has 0 spiro atoms. The molecule has 0 atom stereocenters. The minimum Gasteiger partial charge on any atom is -0.369 e. The summed E-state index contributed by atoms with van der Waals surface area (Å²) in [6, 6.07) is 9.62. The van der Waals surface area contributed by atoms with Crippen molar-refractivity contribution in [3.05, 3.63) is 47.7 Å². The molecule has 1 aromatic carbocycles. The van der Waals surface area contributed by atoms with Crippen molar-refractivity contribution < 1.29 is 0 Å². The molecule has 1 aromatic heterocycles. The van der Waals surface area contributed by atoms with Gasteiger partial charge < -0.3 is 16.4 Å². The molecule has 0 aliphatic rings. The van der Waals surface area contributed by atoms with Gasteiger partial charge >= 0.3 is 0 Å². The standard InChI is InChI=1S/C17H24N6/c1-20-17-22-12-14(15(19)13-8-4-2-5-9-13)16(23-17)21-11-7-3-6-10-18/h2,4-5,8-9,12,19H,3,6-7,10-11,18H2,1H3,(H2,20,21,22,23). The number of nitrogens with zero attached hydrogens (tertiary/aromatic N) is 2. The SMILES string of the molecule is CNc1ncc(C(=N)c2ccccc2)c(NCCCCCN)n1. The lowest BCUT2D eigenvalue weighted by Gasteiger charge is -2.13. The van der Waals surface area contributed by atoms with Gasteiger partial charge in [0, 0.05) is 25.4 Å². The summed E-state index contributed by atoms with van der Waals surface area (Å²) in [4.78, 5) is 8.70. The van der Waals surface area contributed by atoms with Gasteiger partial charge in [-0.25, -0.2) is 4.98 Å². The third kappa shape index (κ3) is 4.75. The Morgan fingerprint density at radius 2 is 1.96 bits per heavy atom. The van der Waals surface area contributed by atoms with E-state index in [0.29, 0.717) is 23.0 Å². The van der Waals surface area contributed by atoms with Crippen molar-refractivity contribution in [2.75, 3.05) is 30.8 Å². The van der Waals surface area contributed by atoms with Crippen LogP contribution in [-0.2, 0) is 0 Å². The van der Waals surface area contributed by atoms with Gasteiger partial charge in [-0.2, -0.15) is 4.98 Å². The first kappa shape index (κ1) is 16.9. The van der Waals surface area contributed by atoms with Gasteiger partial charge in [-0.3, -0.25) is 5.41 Å². The van der Waals surface area contributed by atoms with Crippen LogP contribution in [0.5, 0.6) is 0 Å². The van der Waals surface area contributed by atoms with Crippen LogP contribution in [0.15, 0.2) is 36.5 Å². The zero-order chi connectivity index (χ0) is 16.5. The summed E-state index contributed by atoms with van der Waals surface area (Å²) in [5, 5.41) is 14.7. The first-order valence-electron chi connectivity index (χ1n) is 7.89. The first-order valence-corrected chi connectivity index (χ1v) is 7.89. The van der Waals surface area contributed by atoms with Crippen LogP contribution in [0.3, 0.4) is 0 Å². The third-order valence-electron chi connectivity index (χ3n) is 3.52. The Labute approximate surface area is 137 Å². The zero-order valence-corrected chi connectivity index (χ0v) is 13.5. The van der Waals surface area contributed by atoms with Crippen LogP contribution in [0.25, 0.3) is 0 Å². The van der Waals surface area contributed by atoms with E-state index in [0.717, 1.165) is 37.9 Å². The summed E-state index contributed by atoms with van der Waals surface area (Å²) in [6.07, 6.45) is 4.82. The summed E-state index contributed by atoms with van der Waals surface area (Å²) in [7, 11) is 1.78. The van der Waals surface area contributed by atoms with Crippen molar-refractivity contribution in [3.63, 3.8) is 0 Å². The molecular formula is C17H24N6.